The first-order valence-corrected chi connectivity index (χ1v) is 15.0. The summed E-state index contributed by atoms with van der Waals surface area (Å²) in [6.45, 7) is 5.17. The zero-order chi connectivity index (χ0) is 29.4. The molecule has 0 radical (unpaired) electrons. The standard InChI is InChI=1S/C30H29N5O5S2/c1-17(2)13-34(3)28(36)19-8-6-18(7-9-19)27-31-20(16-41-27)15-39-24-10-21(37-4)11-25-22(24)12-26(40-25)23-14-35-29(32-23)42-30(33-35)38-5/h6-12,14,16-17H,13,15H2,1-5H3. The molecular formula is C30H29N5O5S2. The summed E-state index contributed by atoms with van der Waals surface area (Å²) in [5.74, 6) is 2.24. The molecule has 1 amide bonds. The van der Waals surface area contributed by atoms with Gasteiger partial charge in [-0.3, -0.25) is 4.79 Å². The van der Waals surface area contributed by atoms with Crippen LogP contribution in [0.25, 0.3) is 38.0 Å². The van der Waals surface area contributed by atoms with E-state index >= 15 is 0 Å². The van der Waals surface area contributed by atoms with Crippen LogP contribution in [0.5, 0.6) is 16.7 Å². The number of carbonyl (C=O) groups excluding carboxylic acids is 1. The lowest BCUT2D eigenvalue weighted by atomic mass is 10.1. The maximum absolute atomic E-state index is 12.7. The summed E-state index contributed by atoms with van der Waals surface area (Å²) in [5, 5.41) is 8.50. The Balaban J connectivity index is 1.19. The summed E-state index contributed by atoms with van der Waals surface area (Å²) in [5.41, 5.74) is 3.68. The summed E-state index contributed by atoms with van der Waals surface area (Å²) in [6.07, 6.45) is 1.80. The molecule has 216 valence electrons. The number of hydrogen-bond acceptors (Lipinski definition) is 10. The predicted octanol–water partition coefficient (Wildman–Crippen LogP) is 6.65. The number of methoxy groups -OCH3 is 2. The number of amides is 1. The molecule has 0 saturated carbocycles. The molecule has 0 aliphatic carbocycles. The molecule has 2 aromatic carbocycles. The van der Waals surface area contributed by atoms with Crippen LogP contribution in [0.15, 0.2) is 58.5 Å². The number of benzene rings is 2. The molecule has 4 heterocycles. The van der Waals surface area contributed by atoms with E-state index in [-0.39, 0.29) is 12.5 Å². The molecule has 42 heavy (non-hydrogen) atoms. The number of carbonyl (C=O) groups is 1. The van der Waals surface area contributed by atoms with Gasteiger partial charge in [0.2, 0.25) is 4.96 Å². The highest BCUT2D eigenvalue weighted by Gasteiger charge is 2.18. The molecule has 4 aromatic heterocycles. The third kappa shape index (κ3) is 5.55. The average Bonchev–Trinajstić information content (AvgIpc) is 3.77. The van der Waals surface area contributed by atoms with E-state index < -0.39 is 0 Å². The molecule has 0 bridgehead atoms. The maximum atomic E-state index is 12.7. The molecule has 0 unspecified atom stereocenters. The topological polar surface area (TPSA) is 104 Å². The zero-order valence-electron chi connectivity index (χ0n) is 23.8. The fraction of sp³-hybridized carbons (Fsp3) is 0.267. The first kappa shape index (κ1) is 27.7. The number of rotatable bonds is 10. The molecule has 6 rings (SSSR count). The van der Waals surface area contributed by atoms with Crippen LogP contribution in [0.2, 0.25) is 0 Å². The van der Waals surface area contributed by atoms with Gasteiger partial charge in [0.25, 0.3) is 11.1 Å². The van der Waals surface area contributed by atoms with Gasteiger partial charge in [0.15, 0.2) is 5.76 Å². The van der Waals surface area contributed by atoms with Gasteiger partial charge in [0, 0.05) is 42.2 Å². The van der Waals surface area contributed by atoms with Crippen LogP contribution in [-0.2, 0) is 6.61 Å². The fourth-order valence-electron chi connectivity index (χ4n) is 4.59. The van der Waals surface area contributed by atoms with E-state index in [4.69, 9.17) is 23.6 Å². The zero-order valence-corrected chi connectivity index (χ0v) is 25.4. The molecule has 6 aromatic rings. The van der Waals surface area contributed by atoms with E-state index in [1.165, 1.54) is 22.7 Å². The summed E-state index contributed by atoms with van der Waals surface area (Å²) in [7, 11) is 5.01. The van der Waals surface area contributed by atoms with Crippen molar-refractivity contribution in [1.29, 1.82) is 0 Å². The number of hydrogen-bond donors (Lipinski definition) is 0. The molecule has 12 heteroatoms. The van der Waals surface area contributed by atoms with Gasteiger partial charge in [-0.25, -0.2) is 14.5 Å². The Morgan fingerprint density at radius 2 is 1.90 bits per heavy atom. The highest BCUT2D eigenvalue weighted by atomic mass is 32.1. The monoisotopic (exact) mass is 603 g/mol. The van der Waals surface area contributed by atoms with Gasteiger partial charge in [-0.05, 0) is 35.5 Å². The first-order valence-electron chi connectivity index (χ1n) is 13.3. The minimum absolute atomic E-state index is 0.0140. The second-order valence-electron chi connectivity index (χ2n) is 10.2. The third-order valence-electron chi connectivity index (χ3n) is 6.55. The van der Waals surface area contributed by atoms with Crippen molar-refractivity contribution in [1.82, 2.24) is 24.5 Å². The third-order valence-corrected chi connectivity index (χ3v) is 8.38. The number of aromatic nitrogens is 4. The number of ether oxygens (including phenoxy) is 3. The summed E-state index contributed by atoms with van der Waals surface area (Å²) in [4.78, 5) is 24.5. The fourth-order valence-corrected chi connectivity index (χ4v) is 6.10. The van der Waals surface area contributed by atoms with Gasteiger partial charge in [0.1, 0.15) is 34.4 Å². The molecule has 0 saturated heterocycles. The Morgan fingerprint density at radius 1 is 1.10 bits per heavy atom. The number of imidazole rings is 1. The lowest BCUT2D eigenvalue weighted by Crippen LogP contribution is -2.30. The van der Waals surface area contributed by atoms with Gasteiger partial charge in [-0.2, -0.15) is 0 Å². The van der Waals surface area contributed by atoms with E-state index in [0.717, 1.165) is 21.7 Å². The molecule has 0 fully saturated rings. The minimum Gasteiger partial charge on any atom is -0.496 e. The first-order chi connectivity index (χ1) is 20.3. The van der Waals surface area contributed by atoms with Crippen molar-refractivity contribution in [2.75, 3.05) is 27.8 Å². The van der Waals surface area contributed by atoms with E-state index in [0.29, 0.717) is 56.7 Å². The van der Waals surface area contributed by atoms with Gasteiger partial charge >= 0.3 is 0 Å². The normalized spacial score (nSPS) is 11.5. The largest absolute Gasteiger partial charge is 0.496 e. The predicted molar refractivity (Wildman–Crippen MR) is 163 cm³/mol. The number of nitrogens with zero attached hydrogens (tertiary/aromatic N) is 5. The van der Waals surface area contributed by atoms with Crippen molar-refractivity contribution < 1.29 is 23.4 Å². The number of fused-ring (bicyclic) bond motifs is 2. The van der Waals surface area contributed by atoms with E-state index in [1.807, 2.05) is 54.9 Å². The average molecular weight is 604 g/mol. The molecule has 0 aliphatic heterocycles. The Kier molecular flexibility index (Phi) is 7.56. The van der Waals surface area contributed by atoms with Crippen molar-refractivity contribution in [3.8, 4) is 38.7 Å². The van der Waals surface area contributed by atoms with Crippen LogP contribution in [-0.4, -0.2) is 58.2 Å². The molecule has 10 nitrogen and oxygen atoms in total. The van der Waals surface area contributed by atoms with Crippen LogP contribution >= 0.6 is 22.7 Å². The highest BCUT2D eigenvalue weighted by molar-refractivity contribution is 7.18. The van der Waals surface area contributed by atoms with Crippen molar-refractivity contribution in [2.45, 2.75) is 20.5 Å². The van der Waals surface area contributed by atoms with Crippen LogP contribution in [0.1, 0.15) is 29.9 Å². The van der Waals surface area contributed by atoms with Crippen molar-refractivity contribution in [3.63, 3.8) is 0 Å². The Bertz CT molecular complexity index is 1840. The van der Waals surface area contributed by atoms with Crippen LogP contribution < -0.4 is 14.2 Å². The molecule has 0 atom stereocenters. The van der Waals surface area contributed by atoms with Crippen molar-refractivity contribution in [3.05, 3.63) is 65.3 Å². The lowest BCUT2D eigenvalue weighted by molar-refractivity contribution is 0.0779. The molecule has 0 spiro atoms. The summed E-state index contributed by atoms with van der Waals surface area (Å²) in [6, 6.07) is 13.1. The van der Waals surface area contributed by atoms with Gasteiger partial charge < -0.3 is 23.5 Å². The van der Waals surface area contributed by atoms with Crippen molar-refractivity contribution >= 4 is 44.5 Å². The van der Waals surface area contributed by atoms with E-state index in [9.17, 15) is 4.79 Å². The smallest absolute Gasteiger partial charge is 0.294 e. The van der Waals surface area contributed by atoms with Gasteiger partial charge in [-0.15, -0.1) is 16.4 Å². The maximum Gasteiger partial charge on any atom is 0.294 e. The number of thiazole rings is 1. The minimum atomic E-state index is 0.0140. The van der Waals surface area contributed by atoms with Gasteiger partial charge in [0.05, 0.1) is 31.5 Å². The second kappa shape index (κ2) is 11.5. The summed E-state index contributed by atoms with van der Waals surface area (Å²) < 4.78 is 24.7. The second-order valence-corrected chi connectivity index (χ2v) is 11.9. The SMILES string of the molecule is COc1cc(OCc2csc(-c3ccc(C(=O)N(C)CC(C)C)cc3)n2)c2cc(-c3cn4nc(OC)sc4n3)oc2c1. The van der Waals surface area contributed by atoms with Crippen molar-refractivity contribution in [2.24, 2.45) is 5.92 Å². The molecule has 0 aliphatic rings. The lowest BCUT2D eigenvalue weighted by Gasteiger charge is -2.19. The van der Waals surface area contributed by atoms with Crippen LogP contribution in [0.3, 0.4) is 0 Å². The Labute approximate surface area is 250 Å². The van der Waals surface area contributed by atoms with E-state index in [2.05, 4.69) is 23.9 Å². The van der Waals surface area contributed by atoms with Crippen LogP contribution in [0, 0.1) is 5.92 Å². The van der Waals surface area contributed by atoms with Gasteiger partial charge in [-0.1, -0.05) is 26.0 Å². The Hall–Kier alpha value is -4.42. The summed E-state index contributed by atoms with van der Waals surface area (Å²) >= 11 is 2.88. The molecular weight excluding hydrogens is 574 g/mol. The number of furan rings is 1. The quantitative estimate of drug-likeness (QED) is 0.171. The molecule has 0 N–H and O–H groups in total. The van der Waals surface area contributed by atoms with Crippen LogP contribution in [0.4, 0.5) is 0 Å². The highest BCUT2D eigenvalue weighted by Crippen LogP contribution is 2.38. The Morgan fingerprint density at radius 3 is 2.62 bits per heavy atom. The van der Waals surface area contributed by atoms with E-state index in [1.54, 1.807) is 29.8 Å².